The highest BCUT2D eigenvalue weighted by molar-refractivity contribution is 8.13. The maximum absolute atomic E-state index is 11.8. The average molecular weight is 310 g/mol. The predicted octanol–water partition coefficient (Wildman–Crippen LogP) is 2.93. The van der Waals surface area contributed by atoms with E-state index < -0.39 is 17.4 Å². The first kappa shape index (κ1) is 17.4. The molecule has 3 N–H and O–H groups in total. The first-order valence-electron chi connectivity index (χ1n) is 6.71. The van der Waals surface area contributed by atoms with Gasteiger partial charge in [0.05, 0.1) is 0 Å². The van der Waals surface area contributed by atoms with Crippen LogP contribution in [0.1, 0.15) is 26.3 Å². The minimum Gasteiger partial charge on any atom is -0.445 e. The molecule has 0 aromatic heterocycles. The second-order valence-corrected chi connectivity index (χ2v) is 6.75. The van der Waals surface area contributed by atoms with Gasteiger partial charge in [0.15, 0.2) is 0 Å². The van der Waals surface area contributed by atoms with Crippen molar-refractivity contribution < 1.29 is 14.3 Å². The number of primary amides is 1. The number of alkyl carbamates (subject to hydrolysis) is 1. The summed E-state index contributed by atoms with van der Waals surface area (Å²) in [6.45, 7) is 5.62. The Morgan fingerprint density at radius 3 is 2.43 bits per heavy atom. The third-order valence-electron chi connectivity index (χ3n) is 2.47. The molecule has 116 valence electrons. The SMILES string of the molecule is CC(C)(C)NC(=O)O[C@@H](CSC(N)=O)Cc1ccccc1. The van der Waals surface area contributed by atoms with E-state index in [0.29, 0.717) is 12.2 Å². The molecule has 1 atom stereocenters. The van der Waals surface area contributed by atoms with Gasteiger partial charge in [-0.15, -0.1) is 0 Å². The Morgan fingerprint density at radius 1 is 1.29 bits per heavy atom. The van der Waals surface area contributed by atoms with E-state index in [1.165, 1.54) is 0 Å². The van der Waals surface area contributed by atoms with Gasteiger partial charge in [0, 0.05) is 17.7 Å². The molecule has 1 rings (SSSR count). The number of carbonyl (C=O) groups excluding carboxylic acids is 2. The average Bonchev–Trinajstić information content (AvgIpc) is 2.34. The van der Waals surface area contributed by atoms with Gasteiger partial charge in [0.1, 0.15) is 6.10 Å². The van der Waals surface area contributed by atoms with Crippen LogP contribution in [0.4, 0.5) is 9.59 Å². The van der Waals surface area contributed by atoms with Crippen LogP contribution in [-0.2, 0) is 11.2 Å². The summed E-state index contributed by atoms with van der Waals surface area (Å²) >= 11 is 0.952. The number of nitrogens with one attached hydrogen (secondary N) is 1. The minimum absolute atomic E-state index is 0.335. The summed E-state index contributed by atoms with van der Waals surface area (Å²) in [5.74, 6) is 0.335. The molecule has 0 radical (unpaired) electrons. The number of rotatable bonds is 5. The topological polar surface area (TPSA) is 81.4 Å². The van der Waals surface area contributed by atoms with Gasteiger partial charge in [0.25, 0.3) is 5.24 Å². The molecule has 1 aromatic carbocycles. The molecule has 5 nitrogen and oxygen atoms in total. The lowest BCUT2D eigenvalue weighted by Crippen LogP contribution is -2.43. The molecule has 0 aliphatic rings. The van der Waals surface area contributed by atoms with E-state index in [1.807, 2.05) is 51.1 Å². The zero-order chi connectivity index (χ0) is 15.9. The quantitative estimate of drug-likeness (QED) is 0.876. The minimum atomic E-state index is -0.492. The molecule has 2 amide bonds. The second-order valence-electron chi connectivity index (χ2n) is 5.72. The van der Waals surface area contributed by atoms with Crippen LogP contribution in [0.15, 0.2) is 30.3 Å². The number of nitrogens with two attached hydrogens (primary N) is 1. The van der Waals surface area contributed by atoms with Gasteiger partial charge < -0.3 is 15.8 Å². The summed E-state index contributed by atoms with van der Waals surface area (Å²) in [5, 5.41) is 2.26. The van der Waals surface area contributed by atoms with Gasteiger partial charge in [-0.2, -0.15) is 0 Å². The van der Waals surface area contributed by atoms with Crippen molar-refractivity contribution in [3.63, 3.8) is 0 Å². The molecule has 0 saturated heterocycles. The lowest BCUT2D eigenvalue weighted by Gasteiger charge is -2.23. The van der Waals surface area contributed by atoms with E-state index >= 15 is 0 Å². The van der Waals surface area contributed by atoms with Gasteiger partial charge in [-0.25, -0.2) is 4.79 Å². The van der Waals surface area contributed by atoms with Crippen LogP contribution < -0.4 is 11.1 Å². The summed E-state index contributed by atoms with van der Waals surface area (Å²) in [6, 6.07) is 9.66. The summed E-state index contributed by atoms with van der Waals surface area (Å²) in [5.41, 5.74) is 5.80. The normalized spacial score (nSPS) is 12.5. The zero-order valence-electron chi connectivity index (χ0n) is 12.6. The number of hydrogen-bond acceptors (Lipinski definition) is 4. The second kappa shape index (κ2) is 7.93. The first-order chi connectivity index (χ1) is 9.76. The van der Waals surface area contributed by atoms with Crippen molar-refractivity contribution in [2.45, 2.75) is 38.8 Å². The summed E-state index contributed by atoms with van der Waals surface area (Å²) < 4.78 is 5.40. The van der Waals surface area contributed by atoms with Crippen molar-refractivity contribution in [3.05, 3.63) is 35.9 Å². The van der Waals surface area contributed by atoms with Crippen molar-refractivity contribution in [2.75, 3.05) is 5.75 Å². The van der Waals surface area contributed by atoms with Crippen molar-refractivity contribution in [2.24, 2.45) is 5.73 Å². The van der Waals surface area contributed by atoms with Gasteiger partial charge in [-0.1, -0.05) is 42.1 Å². The van der Waals surface area contributed by atoms with E-state index in [-0.39, 0.29) is 5.54 Å². The Labute approximate surface area is 129 Å². The molecule has 21 heavy (non-hydrogen) atoms. The fourth-order valence-electron chi connectivity index (χ4n) is 1.67. The Kier molecular flexibility index (Phi) is 6.55. The monoisotopic (exact) mass is 310 g/mol. The van der Waals surface area contributed by atoms with Crippen LogP contribution in [0.5, 0.6) is 0 Å². The van der Waals surface area contributed by atoms with E-state index in [1.54, 1.807) is 0 Å². The maximum atomic E-state index is 11.8. The Hall–Kier alpha value is -1.69. The molecule has 0 aliphatic carbocycles. The van der Waals surface area contributed by atoms with Crippen molar-refractivity contribution >= 4 is 23.1 Å². The van der Waals surface area contributed by atoms with E-state index in [4.69, 9.17) is 10.5 Å². The highest BCUT2D eigenvalue weighted by atomic mass is 32.2. The number of carbonyl (C=O) groups is 2. The molecule has 0 heterocycles. The van der Waals surface area contributed by atoms with Crippen LogP contribution in [-0.4, -0.2) is 28.7 Å². The third kappa shape index (κ3) is 8.24. The molecule has 0 fully saturated rings. The predicted molar refractivity (Wildman–Crippen MR) is 85.3 cm³/mol. The molecular weight excluding hydrogens is 288 g/mol. The number of thioether (sulfide) groups is 1. The van der Waals surface area contributed by atoms with Crippen LogP contribution >= 0.6 is 11.8 Å². The smallest absolute Gasteiger partial charge is 0.407 e. The van der Waals surface area contributed by atoms with Crippen LogP contribution in [0.25, 0.3) is 0 Å². The lowest BCUT2D eigenvalue weighted by atomic mass is 10.1. The summed E-state index contributed by atoms with van der Waals surface area (Å²) in [7, 11) is 0. The van der Waals surface area contributed by atoms with Crippen molar-refractivity contribution in [3.8, 4) is 0 Å². The van der Waals surface area contributed by atoms with E-state index in [9.17, 15) is 9.59 Å². The molecule has 0 unspecified atom stereocenters. The van der Waals surface area contributed by atoms with Crippen LogP contribution in [0.3, 0.4) is 0 Å². The van der Waals surface area contributed by atoms with Crippen molar-refractivity contribution in [1.82, 2.24) is 5.32 Å². The molecule has 0 saturated carbocycles. The molecule has 0 bridgehead atoms. The van der Waals surface area contributed by atoms with Crippen LogP contribution in [0.2, 0.25) is 0 Å². The highest BCUT2D eigenvalue weighted by Crippen LogP contribution is 2.13. The number of benzene rings is 1. The first-order valence-corrected chi connectivity index (χ1v) is 7.70. The number of ether oxygens (including phenoxy) is 1. The van der Waals surface area contributed by atoms with Gasteiger partial charge in [-0.05, 0) is 26.3 Å². The largest absolute Gasteiger partial charge is 0.445 e. The standard InChI is InChI=1S/C15H22N2O3S/c1-15(2,3)17-14(19)20-12(10-21-13(16)18)9-11-7-5-4-6-8-11/h4-8,12H,9-10H2,1-3H3,(H2,16,18)(H,17,19)/t12-/m1/s1. The molecule has 6 heteroatoms. The molecule has 0 aliphatic heterocycles. The van der Waals surface area contributed by atoms with Crippen molar-refractivity contribution in [1.29, 1.82) is 0 Å². The number of hydrogen-bond donors (Lipinski definition) is 2. The van der Waals surface area contributed by atoms with Gasteiger partial charge in [-0.3, -0.25) is 4.79 Å². The van der Waals surface area contributed by atoms with E-state index in [2.05, 4.69) is 5.32 Å². The fraction of sp³-hybridized carbons (Fsp3) is 0.467. The zero-order valence-corrected chi connectivity index (χ0v) is 13.4. The molecular formula is C15H22N2O3S. The Morgan fingerprint density at radius 2 is 1.90 bits per heavy atom. The highest BCUT2D eigenvalue weighted by Gasteiger charge is 2.20. The molecule has 1 aromatic rings. The fourth-order valence-corrected chi connectivity index (χ4v) is 2.21. The third-order valence-corrected chi connectivity index (χ3v) is 3.29. The van der Waals surface area contributed by atoms with Gasteiger partial charge >= 0.3 is 6.09 Å². The van der Waals surface area contributed by atoms with Crippen LogP contribution in [0, 0.1) is 0 Å². The maximum Gasteiger partial charge on any atom is 0.407 e. The Balaban J connectivity index is 2.63. The summed E-state index contributed by atoms with van der Waals surface area (Å²) in [6.07, 6.45) is -0.362. The lowest BCUT2D eigenvalue weighted by molar-refractivity contribution is 0.102. The van der Waals surface area contributed by atoms with Gasteiger partial charge in [0.2, 0.25) is 0 Å². The summed E-state index contributed by atoms with van der Waals surface area (Å²) in [4.78, 5) is 22.7. The van der Waals surface area contributed by atoms with E-state index in [0.717, 1.165) is 17.3 Å². The number of amides is 2. The Bertz CT molecular complexity index is 472. The molecule has 0 spiro atoms.